The molecule has 20 heavy (non-hydrogen) atoms. The summed E-state index contributed by atoms with van der Waals surface area (Å²) in [5.74, 6) is 0.842. The van der Waals surface area contributed by atoms with Crippen molar-refractivity contribution in [2.24, 2.45) is 5.92 Å². The van der Waals surface area contributed by atoms with Crippen molar-refractivity contribution in [1.29, 1.82) is 10.5 Å². The van der Waals surface area contributed by atoms with E-state index >= 15 is 0 Å². The molecule has 0 amide bonds. The summed E-state index contributed by atoms with van der Waals surface area (Å²) < 4.78 is 0. The molecular weight excluding hydrogens is 246 g/mol. The lowest BCUT2D eigenvalue weighted by Gasteiger charge is -2.30. The minimum atomic E-state index is 0.147. The van der Waals surface area contributed by atoms with Gasteiger partial charge in [-0.1, -0.05) is 31.2 Å². The molecule has 0 unspecified atom stereocenters. The summed E-state index contributed by atoms with van der Waals surface area (Å²) in [5.41, 5.74) is 2.31. The van der Waals surface area contributed by atoms with E-state index in [-0.39, 0.29) is 5.57 Å². The molecule has 102 valence electrons. The first kappa shape index (κ1) is 14.3. The molecule has 1 aliphatic rings. The molecule has 0 aromatic heterocycles. The van der Waals surface area contributed by atoms with Gasteiger partial charge in [-0.05, 0) is 49.1 Å². The topological polar surface area (TPSA) is 50.8 Å². The fraction of sp³-hybridized carbons (Fsp3) is 0.412. The number of allylic oxidation sites excluding steroid dienone is 1. The molecule has 3 heteroatoms. The van der Waals surface area contributed by atoms with E-state index < -0.39 is 0 Å². The average Bonchev–Trinajstić information content (AvgIpc) is 2.47. The Morgan fingerprint density at radius 1 is 1.30 bits per heavy atom. The van der Waals surface area contributed by atoms with Crippen LogP contribution in [0.25, 0.3) is 6.08 Å². The second kappa shape index (κ2) is 6.89. The maximum absolute atomic E-state index is 8.79. The van der Waals surface area contributed by atoms with Crippen molar-refractivity contribution >= 4 is 6.08 Å². The summed E-state index contributed by atoms with van der Waals surface area (Å²) in [6, 6.07) is 11.9. The Morgan fingerprint density at radius 3 is 2.65 bits per heavy atom. The van der Waals surface area contributed by atoms with Crippen LogP contribution in [0.2, 0.25) is 0 Å². The second-order valence-corrected chi connectivity index (χ2v) is 5.49. The van der Waals surface area contributed by atoms with Crippen LogP contribution in [0.3, 0.4) is 0 Å². The number of likely N-dealkylation sites (tertiary alicyclic amines) is 1. The third-order valence-electron chi connectivity index (χ3n) is 3.79. The summed E-state index contributed by atoms with van der Waals surface area (Å²) >= 11 is 0. The zero-order valence-electron chi connectivity index (χ0n) is 11.8. The number of piperidine rings is 1. The van der Waals surface area contributed by atoms with Gasteiger partial charge < -0.3 is 0 Å². The fourth-order valence-electron chi connectivity index (χ4n) is 2.52. The molecule has 1 aliphatic heterocycles. The largest absolute Gasteiger partial charge is 0.299 e. The van der Waals surface area contributed by atoms with Gasteiger partial charge in [0, 0.05) is 6.54 Å². The van der Waals surface area contributed by atoms with Crippen molar-refractivity contribution < 1.29 is 0 Å². The Balaban J connectivity index is 2.05. The van der Waals surface area contributed by atoms with Gasteiger partial charge in [0.25, 0.3) is 0 Å². The predicted octanol–water partition coefficient (Wildman–Crippen LogP) is 3.35. The first-order chi connectivity index (χ1) is 9.71. The number of hydrogen-bond acceptors (Lipinski definition) is 3. The Kier molecular flexibility index (Phi) is 4.93. The Bertz CT molecular complexity index is 551. The number of nitriles is 2. The molecule has 0 N–H and O–H groups in total. The zero-order chi connectivity index (χ0) is 14.4. The minimum absolute atomic E-state index is 0.147. The molecule has 0 atom stereocenters. The summed E-state index contributed by atoms with van der Waals surface area (Å²) in [6.45, 7) is 5.57. The number of hydrogen-bond donors (Lipinski definition) is 0. The van der Waals surface area contributed by atoms with E-state index in [4.69, 9.17) is 10.5 Å². The molecule has 0 radical (unpaired) electrons. The van der Waals surface area contributed by atoms with E-state index in [1.54, 1.807) is 6.08 Å². The average molecular weight is 265 g/mol. The lowest BCUT2D eigenvalue weighted by Crippen LogP contribution is -2.32. The van der Waals surface area contributed by atoms with E-state index in [1.807, 2.05) is 24.3 Å². The van der Waals surface area contributed by atoms with Crippen molar-refractivity contribution in [2.45, 2.75) is 26.3 Å². The van der Waals surface area contributed by atoms with Gasteiger partial charge in [-0.2, -0.15) is 10.5 Å². The maximum atomic E-state index is 8.79. The van der Waals surface area contributed by atoms with E-state index in [0.717, 1.165) is 31.1 Å². The summed E-state index contributed by atoms with van der Waals surface area (Å²) in [6.07, 6.45) is 4.18. The van der Waals surface area contributed by atoms with Crippen LogP contribution in [0, 0.1) is 28.6 Å². The van der Waals surface area contributed by atoms with Crippen LogP contribution in [-0.4, -0.2) is 18.0 Å². The van der Waals surface area contributed by atoms with Gasteiger partial charge in [0.15, 0.2) is 0 Å². The number of rotatable bonds is 3. The third kappa shape index (κ3) is 3.95. The van der Waals surface area contributed by atoms with Crippen molar-refractivity contribution in [3.8, 4) is 12.1 Å². The zero-order valence-corrected chi connectivity index (χ0v) is 11.8. The van der Waals surface area contributed by atoms with Crippen molar-refractivity contribution in [1.82, 2.24) is 4.90 Å². The molecule has 1 aromatic carbocycles. The fourth-order valence-corrected chi connectivity index (χ4v) is 2.52. The van der Waals surface area contributed by atoms with Crippen LogP contribution in [-0.2, 0) is 6.54 Å². The molecule has 0 saturated carbocycles. The normalized spacial score (nSPS) is 16.1. The molecule has 0 bridgehead atoms. The molecule has 3 nitrogen and oxygen atoms in total. The summed E-state index contributed by atoms with van der Waals surface area (Å²) in [7, 11) is 0. The van der Waals surface area contributed by atoms with Crippen LogP contribution in [0.15, 0.2) is 29.8 Å². The predicted molar refractivity (Wildman–Crippen MR) is 79.3 cm³/mol. The molecule has 1 aromatic rings. The van der Waals surface area contributed by atoms with E-state index in [1.165, 1.54) is 18.4 Å². The Hall–Kier alpha value is -2.10. The standard InChI is InChI=1S/C17H19N3/c1-14-5-7-20(8-6-14)13-16-4-2-3-15(9-16)10-17(11-18)12-19/h2-4,9-10,14H,5-8,13H2,1H3. The minimum Gasteiger partial charge on any atom is -0.299 e. The maximum Gasteiger partial charge on any atom is 0.130 e. The van der Waals surface area contributed by atoms with Crippen LogP contribution in [0.4, 0.5) is 0 Å². The van der Waals surface area contributed by atoms with Gasteiger partial charge in [0.05, 0.1) is 0 Å². The lowest BCUT2D eigenvalue weighted by molar-refractivity contribution is 0.185. The van der Waals surface area contributed by atoms with Crippen LogP contribution in [0.5, 0.6) is 0 Å². The third-order valence-corrected chi connectivity index (χ3v) is 3.79. The van der Waals surface area contributed by atoms with Crippen molar-refractivity contribution in [2.75, 3.05) is 13.1 Å². The van der Waals surface area contributed by atoms with Gasteiger partial charge in [-0.3, -0.25) is 4.90 Å². The van der Waals surface area contributed by atoms with Crippen LogP contribution < -0.4 is 0 Å². The van der Waals surface area contributed by atoms with Gasteiger partial charge in [-0.25, -0.2) is 0 Å². The highest BCUT2D eigenvalue weighted by molar-refractivity contribution is 5.62. The number of benzene rings is 1. The van der Waals surface area contributed by atoms with E-state index in [2.05, 4.69) is 24.0 Å². The van der Waals surface area contributed by atoms with Crippen LogP contribution in [0.1, 0.15) is 30.9 Å². The lowest BCUT2D eigenvalue weighted by atomic mass is 9.98. The molecule has 1 heterocycles. The van der Waals surface area contributed by atoms with Gasteiger partial charge in [-0.15, -0.1) is 0 Å². The summed E-state index contributed by atoms with van der Waals surface area (Å²) in [4.78, 5) is 2.47. The van der Waals surface area contributed by atoms with Gasteiger partial charge in [0.2, 0.25) is 0 Å². The highest BCUT2D eigenvalue weighted by atomic mass is 15.1. The van der Waals surface area contributed by atoms with Crippen molar-refractivity contribution in [3.05, 3.63) is 41.0 Å². The smallest absolute Gasteiger partial charge is 0.130 e. The second-order valence-electron chi connectivity index (χ2n) is 5.49. The number of nitrogens with zero attached hydrogens (tertiary/aromatic N) is 3. The Morgan fingerprint density at radius 2 is 2.00 bits per heavy atom. The van der Waals surface area contributed by atoms with Gasteiger partial charge >= 0.3 is 0 Å². The quantitative estimate of drug-likeness (QED) is 0.787. The molecular formula is C17H19N3. The Labute approximate surface area is 120 Å². The summed E-state index contributed by atoms with van der Waals surface area (Å²) in [5, 5.41) is 17.6. The van der Waals surface area contributed by atoms with E-state index in [0.29, 0.717) is 0 Å². The highest BCUT2D eigenvalue weighted by Gasteiger charge is 2.15. The highest BCUT2D eigenvalue weighted by Crippen LogP contribution is 2.19. The van der Waals surface area contributed by atoms with Gasteiger partial charge in [0.1, 0.15) is 17.7 Å². The van der Waals surface area contributed by atoms with Crippen molar-refractivity contribution in [3.63, 3.8) is 0 Å². The molecule has 1 fully saturated rings. The molecule has 1 saturated heterocycles. The van der Waals surface area contributed by atoms with E-state index in [9.17, 15) is 0 Å². The molecule has 2 rings (SSSR count). The molecule has 0 aliphatic carbocycles. The monoisotopic (exact) mass is 265 g/mol. The SMILES string of the molecule is CC1CCN(Cc2cccc(C=C(C#N)C#N)c2)CC1. The van der Waals surface area contributed by atoms with Crippen LogP contribution >= 0.6 is 0 Å². The molecule has 0 spiro atoms. The first-order valence-corrected chi connectivity index (χ1v) is 7.04. The first-order valence-electron chi connectivity index (χ1n) is 7.04.